The molecular formula is C16H13F5N2O2. The molecule has 0 heterocycles. The number of amides is 1. The third-order valence-electron chi connectivity index (χ3n) is 3.12. The topological polar surface area (TPSA) is 50.4 Å². The summed E-state index contributed by atoms with van der Waals surface area (Å²) in [6, 6.07) is 7.03. The molecule has 25 heavy (non-hydrogen) atoms. The van der Waals surface area contributed by atoms with Gasteiger partial charge in [0.2, 0.25) is 11.7 Å². The zero-order valence-corrected chi connectivity index (χ0v) is 12.9. The van der Waals surface area contributed by atoms with Crippen LogP contribution in [0.4, 0.5) is 27.6 Å². The highest BCUT2D eigenvalue weighted by Gasteiger charge is 2.25. The summed E-state index contributed by atoms with van der Waals surface area (Å²) >= 11 is 0. The Kier molecular flexibility index (Phi) is 5.79. The van der Waals surface area contributed by atoms with E-state index in [0.717, 1.165) is 5.56 Å². The Labute approximate surface area is 139 Å². The van der Waals surface area contributed by atoms with Crippen molar-refractivity contribution in [3.63, 3.8) is 0 Å². The van der Waals surface area contributed by atoms with Gasteiger partial charge in [0.25, 0.3) is 0 Å². The van der Waals surface area contributed by atoms with E-state index in [1.807, 2.05) is 18.4 Å². The molecule has 0 saturated heterocycles. The molecule has 2 rings (SSSR count). The molecule has 1 amide bonds. The number of hydrogen-bond acceptors (Lipinski definition) is 3. The standard InChI is InChI=1S/C16H13F5N2O2/c1-8-3-2-4-9(7-8)25-6-5-10(24)22-23-16-14(20)12(18)11(17)13(19)15(16)21/h2-4,7,23H,5-6H2,1H3,(H,22,24). The van der Waals surface area contributed by atoms with Crippen molar-refractivity contribution < 1.29 is 31.5 Å². The fraction of sp³-hybridized carbons (Fsp3) is 0.188. The van der Waals surface area contributed by atoms with Gasteiger partial charge >= 0.3 is 0 Å². The fourth-order valence-electron chi connectivity index (χ4n) is 1.88. The quantitative estimate of drug-likeness (QED) is 0.358. The van der Waals surface area contributed by atoms with Crippen LogP contribution in [0.1, 0.15) is 12.0 Å². The van der Waals surface area contributed by atoms with Crippen molar-refractivity contribution in [2.24, 2.45) is 0 Å². The van der Waals surface area contributed by atoms with E-state index in [2.05, 4.69) is 0 Å². The first-order valence-electron chi connectivity index (χ1n) is 7.07. The third kappa shape index (κ3) is 4.37. The lowest BCUT2D eigenvalue weighted by Gasteiger charge is -2.12. The Bertz CT molecular complexity index is 769. The van der Waals surface area contributed by atoms with Gasteiger partial charge in [-0.05, 0) is 24.6 Å². The fourth-order valence-corrected chi connectivity index (χ4v) is 1.88. The maximum absolute atomic E-state index is 13.4. The number of hydrazine groups is 1. The summed E-state index contributed by atoms with van der Waals surface area (Å²) in [7, 11) is 0. The summed E-state index contributed by atoms with van der Waals surface area (Å²) in [5, 5.41) is 0. The van der Waals surface area contributed by atoms with Crippen LogP contribution < -0.4 is 15.6 Å². The molecule has 0 aliphatic heterocycles. The molecule has 0 aromatic heterocycles. The molecule has 0 saturated carbocycles. The van der Waals surface area contributed by atoms with Crippen LogP contribution in [0.5, 0.6) is 5.75 Å². The lowest BCUT2D eigenvalue weighted by atomic mass is 10.2. The Morgan fingerprint density at radius 2 is 1.60 bits per heavy atom. The Morgan fingerprint density at radius 1 is 1.00 bits per heavy atom. The molecule has 2 aromatic rings. The lowest BCUT2D eigenvalue weighted by Crippen LogP contribution is -2.31. The minimum atomic E-state index is -2.28. The lowest BCUT2D eigenvalue weighted by molar-refractivity contribution is -0.121. The highest BCUT2D eigenvalue weighted by Crippen LogP contribution is 2.26. The molecule has 0 aliphatic carbocycles. The van der Waals surface area contributed by atoms with E-state index >= 15 is 0 Å². The molecule has 0 bridgehead atoms. The van der Waals surface area contributed by atoms with Crippen molar-refractivity contribution in [1.29, 1.82) is 0 Å². The normalized spacial score (nSPS) is 10.5. The summed E-state index contributed by atoms with van der Waals surface area (Å²) in [6.45, 7) is 1.81. The van der Waals surface area contributed by atoms with Crippen LogP contribution in [-0.2, 0) is 4.79 Å². The van der Waals surface area contributed by atoms with E-state index in [1.54, 1.807) is 23.6 Å². The van der Waals surface area contributed by atoms with E-state index in [1.165, 1.54) is 0 Å². The molecule has 0 spiro atoms. The number of carbonyl (C=O) groups excluding carboxylic acids is 1. The average molecular weight is 360 g/mol. The molecule has 9 heteroatoms. The van der Waals surface area contributed by atoms with Crippen molar-refractivity contribution >= 4 is 11.6 Å². The minimum absolute atomic E-state index is 0.0475. The predicted molar refractivity (Wildman–Crippen MR) is 79.3 cm³/mol. The molecular weight excluding hydrogens is 347 g/mol. The van der Waals surface area contributed by atoms with Crippen LogP contribution in [0.2, 0.25) is 0 Å². The van der Waals surface area contributed by atoms with E-state index in [0.29, 0.717) is 5.75 Å². The second-order valence-corrected chi connectivity index (χ2v) is 5.03. The molecule has 0 fully saturated rings. The van der Waals surface area contributed by atoms with Crippen molar-refractivity contribution in [2.45, 2.75) is 13.3 Å². The maximum atomic E-state index is 13.4. The van der Waals surface area contributed by atoms with E-state index < -0.39 is 40.7 Å². The van der Waals surface area contributed by atoms with Gasteiger partial charge in [-0.25, -0.2) is 22.0 Å². The summed E-state index contributed by atoms with van der Waals surface area (Å²) in [6.07, 6.45) is -0.212. The largest absolute Gasteiger partial charge is 0.493 e. The zero-order chi connectivity index (χ0) is 18.6. The second-order valence-electron chi connectivity index (χ2n) is 5.03. The number of benzene rings is 2. The summed E-state index contributed by atoms with van der Waals surface area (Å²) < 4.78 is 71.0. The highest BCUT2D eigenvalue weighted by atomic mass is 19.2. The minimum Gasteiger partial charge on any atom is -0.493 e. The first kappa shape index (κ1) is 18.5. The number of carbonyl (C=O) groups is 1. The number of rotatable bonds is 6. The molecule has 4 nitrogen and oxygen atoms in total. The average Bonchev–Trinajstić information content (AvgIpc) is 2.58. The van der Waals surface area contributed by atoms with Gasteiger partial charge in [-0.3, -0.25) is 15.6 Å². The third-order valence-corrected chi connectivity index (χ3v) is 3.12. The zero-order valence-electron chi connectivity index (χ0n) is 12.9. The van der Waals surface area contributed by atoms with Gasteiger partial charge in [0, 0.05) is 0 Å². The Morgan fingerprint density at radius 3 is 2.20 bits per heavy atom. The molecule has 0 aliphatic rings. The van der Waals surface area contributed by atoms with Gasteiger partial charge in [-0.15, -0.1) is 0 Å². The van der Waals surface area contributed by atoms with Gasteiger partial charge in [-0.1, -0.05) is 12.1 Å². The number of halogens is 5. The highest BCUT2D eigenvalue weighted by molar-refractivity contribution is 5.77. The Balaban J connectivity index is 1.90. The number of aryl methyl sites for hydroxylation is 1. The van der Waals surface area contributed by atoms with E-state index in [4.69, 9.17) is 4.74 Å². The molecule has 0 atom stereocenters. The van der Waals surface area contributed by atoms with E-state index in [9.17, 15) is 26.7 Å². The SMILES string of the molecule is Cc1cccc(OCCC(=O)NNc2c(F)c(F)c(F)c(F)c2F)c1. The van der Waals surface area contributed by atoms with Crippen LogP contribution in [0.3, 0.4) is 0 Å². The van der Waals surface area contributed by atoms with Crippen molar-refractivity contribution in [3.8, 4) is 5.75 Å². The predicted octanol–water partition coefficient (Wildman–Crippen LogP) is 3.60. The molecule has 0 radical (unpaired) electrons. The number of nitrogens with one attached hydrogen (secondary N) is 2. The first-order chi connectivity index (χ1) is 11.8. The number of anilines is 1. The van der Waals surface area contributed by atoms with Crippen LogP contribution in [0.15, 0.2) is 24.3 Å². The smallest absolute Gasteiger partial charge is 0.241 e. The first-order valence-corrected chi connectivity index (χ1v) is 7.07. The summed E-state index contributed by atoms with van der Waals surface area (Å²) in [4.78, 5) is 11.6. The second kappa shape index (κ2) is 7.82. The molecule has 0 unspecified atom stereocenters. The van der Waals surface area contributed by atoms with Crippen molar-refractivity contribution in [1.82, 2.24) is 5.43 Å². The number of ether oxygens (including phenoxy) is 1. The van der Waals surface area contributed by atoms with Crippen LogP contribution in [-0.4, -0.2) is 12.5 Å². The molecule has 2 aromatic carbocycles. The summed E-state index contributed by atoms with van der Waals surface area (Å²) in [5.74, 6) is -10.9. The van der Waals surface area contributed by atoms with Crippen LogP contribution >= 0.6 is 0 Å². The van der Waals surface area contributed by atoms with Gasteiger partial charge in [0.1, 0.15) is 11.4 Å². The van der Waals surface area contributed by atoms with Crippen LogP contribution in [0, 0.1) is 36.0 Å². The van der Waals surface area contributed by atoms with Gasteiger partial charge in [0.15, 0.2) is 23.3 Å². The van der Waals surface area contributed by atoms with Gasteiger partial charge in [0.05, 0.1) is 13.0 Å². The van der Waals surface area contributed by atoms with Crippen molar-refractivity contribution in [2.75, 3.05) is 12.0 Å². The summed E-state index contributed by atoms with van der Waals surface area (Å²) in [5.41, 5.74) is 3.15. The molecule has 2 N–H and O–H groups in total. The maximum Gasteiger partial charge on any atom is 0.241 e. The Hall–Kier alpha value is -2.84. The monoisotopic (exact) mass is 360 g/mol. The van der Waals surface area contributed by atoms with Gasteiger partial charge < -0.3 is 4.74 Å². The van der Waals surface area contributed by atoms with Gasteiger partial charge in [-0.2, -0.15) is 0 Å². The van der Waals surface area contributed by atoms with E-state index in [-0.39, 0.29) is 13.0 Å². The van der Waals surface area contributed by atoms with Crippen molar-refractivity contribution in [3.05, 3.63) is 58.9 Å². The van der Waals surface area contributed by atoms with Crippen LogP contribution in [0.25, 0.3) is 0 Å². The molecule has 134 valence electrons. The number of hydrogen-bond donors (Lipinski definition) is 2.